The summed E-state index contributed by atoms with van der Waals surface area (Å²) in [6.07, 6.45) is 7.74. The van der Waals surface area contributed by atoms with E-state index in [0.717, 1.165) is 30.9 Å². The number of aromatic nitrogens is 2. The predicted molar refractivity (Wildman–Crippen MR) is 80.0 cm³/mol. The first-order chi connectivity index (χ1) is 9.31. The van der Waals surface area contributed by atoms with Crippen LogP contribution < -0.4 is 5.73 Å². The Balaban J connectivity index is 1.91. The van der Waals surface area contributed by atoms with Gasteiger partial charge in [0.1, 0.15) is 5.82 Å². The van der Waals surface area contributed by atoms with Crippen molar-refractivity contribution < 1.29 is 0 Å². The summed E-state index contributed by atoms with van der Waals surface area (Å²) in [5.74, 6) is 1.09. The van der Waals surface area contributed by atoms with Crippen molar-refractivity contribution in [3.63, 3.8) is 0 Å². The van der Waals surface area contributed by atoms with Crippen molar-refractivity contribution in [2.24, 2.45) is 5.73 Å². The third kappa shape index (κ3) is 3.93. The summed E-state index contributed by atoms with van der Waals surface area (Å²) in [7, 11) is 0. The van der Waals surface area contributed by atoms with Crippen LogP contribution in [0.4, 0.5) is 0 Å². The van der Waals surface area contributed by atoms with E-state index in [1.807, 2.05) is 6.20 Å². The number of nitrogens with one attached hydrogen (secondary N) is 1. The van der Waals surface area contributed by atoms with Crippen LogP contribution in [0.2, 0.25) is 0 Å². The van der Waals surface area contributed by atoms with Crippen LogP contribution in [-0.4, -0.2) is 16.5 Å². The Morgan fingerprint density at radius 2 is 1.89 bits per heavy atom. The van der Waals surface area contributed by atoms with E-state index < -0.39 is 0 Å². The molecule has 19 heavy (non-hydrogen) atoms. The molecule has 0 amide bonds. The van der Waals surface area contributed by atoms with Crippen molar-refractivity contribution in [3.8, 4) is 11.3 Å². The molecule has 1 heterocycles. The van der Waals surface area contributed by atoms with Gasteiger partial charge in [-0.1, -0.05) is 37.1 Å². The lowest BCUT2D eigenvalue weighted by molar-refractivity contribution is 0.638. The molecule has 0 saturated carbocycles. The minimum atomic E-state index is 0.804. The van der Waals surface area contributed by atoms with Gasteiger partial charge < -0.3 is 10.7 Å². The molecule has 0 atom stereocenters. The summed E-state index contributed by atoms with van der Waals surface area (Å²) in [4.78, 5) is 7.90. The Morgan fingerprint density at radius 1 is 1.11 bits per heavy atom. The highest BCUT2D eigenvalue weighted by Crippen LogP contribution is 2.21. The maximum Gasteiger partial charge on any atom is 0.106 e. The van der Waals surface area contributed by atoms with Crippen LogP contribution in [0.15, 0.2) is 30.5 Å². The number of rotatable bonds is 7. The van der Waals surface area contributed by atoms with Gasteiger partial charge in [0.05, 0.1) is 11.9 Å². The molecule has 0 bridgehead atoms. The Hall–Kier alpha value is -1.61. The molecule has 0 spiro atoms. The van der Waals surface area contributed by atoms with E-state index in [4.69, 9.17) is 5.73 Å². The lowest BCUT2D eigenvalue weighted by Gasteiger charge is -2.02. The third-order valence-corrected chi connectivity index (χ3v) is 3.43. The molecule has 1 aromatic carbocycles. The molecule has 3 heteroatoms. The maximum absolute atomic E-state index is 5.49. The van der Waals surface area contributed by atoms with Gasteiger partial charge in [0, 0.05) is 12.0 Å². The zero-order valence-electron chi connectivity index (χ0n) is 11.7. The minimum Gasteiger partial charge on any atom is -0.342 e. The predicted octanol–water partition coefficient (Wildman–Crippen LogP) is 3.45. The first-order valence-electron chi connectivity index (χ1n) is 7.11. The lowest BCUT2D eigenvalue weighted by Crippen LogP contribution is -1.98. The molecular formula is C16H23N3. The summed E-state index contributed by atoms with van der Waals surface area (Å²) < 4.78 is 0. The molecule has 3 N–H and O–H groups in total. The van der Waals surface area contributed by atoms with Gasteiger partial charge in [-0.15, -0.1) is 0 Å². The van der Waals surface area contributed by atoms with Gasteiger partial charge in [-0.3, -0.25) is 0 Å². The molecule has 0 aliphatic carbocycles. The molecule has 0 fully saturated rings. The van der Waals surface area contributed by atoms with Crippen LogP contribution in [-0.2, 0) is 6.42 Å². The summed E-state index contributed by atoms with van der Waals surface area (Å²) in [5.41, 5.74) is 9.12. The molecule has 2 aromatic rings. The van der Waals surface area contributed by atoms with Gasteiger partial charge in [0.2, 0.25) is 0 Å². The standard InChI is InChI=1S/C16H23N3/c1-13-8-5-6-9-14(13)15-12-18-16(19-15)10-4-2-3-7-11-17/h5-6,8-9,12H,2-4,7,10-11,17H2,1H3,(H,18,19). The number of hydrogen-bond donors (Lipinski definition) is 2. The SMILES string of the molecule is Cc1ccccc1-c1cnc(CCCCCCN)[nH]1. The number of unbranched alkanes of at least 4 members (excludes halogenated alkanes) is 3. The first-order valence-corrected chi connectivity index (χ1v) is 7.11. The lowest BCUT2D eigenvalue weighted by atomic mass is 10.1. The van der Waals surface area contributed by atoms with Crippen LogP contribution in [0.25, 0.3) is 11.3 Å². The molecule has 0 unspecified atom stereocenters. The average Bonchev–Trinajstić information content (AvgIpc) is 2.88. The van der Waals surface area contributed by atoms with Crippen molar-refractivity contribution in [3.05, 3.63) is 41.9 Å². The van der Waals surface area contributed by atoms with E-state index in [1.165, 1.54) is 30.4 Å². The summed E-state index contributed by atoms with van der Waals surface area (Å²) in [5, 5.41) is 0. The van der Waals surface area contributed by atoms with Crippen LogP contribution in [0.5, 0.6) is 0 Å². The van der Waals surface area contributed by atoms with E-state index in [2.05, 4.69) is 41.2 Å². The third-order valence-electron chi connectivity index (χ3n) is 3.43. The van der Waals surface area contributed by atoms with E-state index in [0.29, 0.717) is 0 Å². The van der Waals surface area contributed by atoms with Crippen LogP contribution in [0, 0.1) is 6.92 Å². The number of hydrogen-bond acceptors (Lipinski definition) is 2. The van der Waals surface area contributed by atoms with Crippen molar-refractivity contribution in [1.82, 2.24) is 9.97 Å². The second kappa shape index (κ2) is 7.10. The molecule has 0 radical (unpaired) electrons. The van der Waals surface area contributed by atoms with Crippen molar-refractivity contribution in [2.45, 2.75) is 39.0 Å². The van der Waals surface area contributed by atoms with Gasteiger partial charge in [0.15, 0.2) is 0 Å². The molecule has 2 rings (SSSR count). The highest BCUT2D eigenvalue weighted by atomic mass is 14.9. The maximum atomic E-state index is 5.49. The molecule has 0 saturated heterocycles. The van der Waals surface area contributed by atoms with E-state index in [-0.39, 0.29) is 0 Å². The largest absolute Gasteiger partial charge is 0.342 e. The highest BCUT2D eigenvalue weighted by molar-refractivity contribution is 5.62. The molecule has 102 valence electrons. The summed E-state index contributed by atoms with van der Waals surface area (Å²) in [6, 6.07) is 8.39. The monoisotopic (exact) mass is 257 g/mol. The molecule has 0 aliphatic heterocycles. The second-order valence-electron chi connectivity index (χ2n) is 5.01. The fraction of sp³-hybridized carbons (Fsp3) is 0.438. The molecule has 0 aliphatic rings. The molecular weight excluding hydrogens is 234 g/mol. The Kier molecular flexibility index (Phi) is 5.16. The number of benzene rings is 1. The van der Waals surface area contributed by atoms with Gasteiger partial charge in [-0.05, 0) is 31.9 Å². The Bertz CT molecular complexity index is 502. The van der Waals surface area contributed by atoms with Crippen LogP contribution >= 0.6 is 0 Å². The molecule has 3 nitrogen and oxygen atoms in total. The van der Waals surface area contributed by atoms with E-state index >= 15 is 0 Å². The number of nitrogens with two attached hydrogens (primary N) is 1. The van der Waals surface area contributed by atoms with Gasteiger partial charge in [-0.2, -0.15) is 0 Å². The summed E-state index contributed by atoms with van der Waals surface area (Å²) in [6.45, 7) is 2.93. The Morgan fingerprint density at radius 3 is 2.68 bits per heavy atom. The highest BCUT2D eigenvalue weighted by Gasteiger charge is 2.05. The quantitative estimate of drug-likeness (QED) is 0.746. The molecule has 1 aromatic heterocycles. The normalized spacial score (nSPS) is 10.8. The zero-order chi connectivity index (χ0) is 13.5. The smallest absolute Gasteiger partial charge is 0.106 e. The number of nitrogens with zero attached hydrogens (tertiary/aromatic N) is 1. The first kappa shape index (κ1) is 13.8. The topological polar surface area (TPSA) is 54.7 Å². The number of aromatic amines is 1. The number of aryl methyl sites for hydroxylation is 2. The fourth-order valence-corrected chi connectivity index (χ4v) is 2.29. The van der Waals surface area contributed by atoms with Crippen LogP contribution in [0.3, 0.4) is 0 Å². The van der Waals surface area contributed by atoms with Crippen molar-refractivity contribution >= 4 is 0 Å². The number of imidazole rings is 1. The second-order valence-corrected chi connectivity index (χ2v) is 5.01. The number of H-pyrrole nitrogens is 1. The summed E-state index contributed by atoms with van der Waals surface area (Å²) >= 11 is 0. The fourth-order valence-electron chi connectivity index (χ4n) is 2.29. The van der Waals surface area contributed by atoms with Crippen LogP contribution in [0.1, 0.15) is 37.1 Å². The minimum absolute atomic E-state index is 0.804. The van der Waals surface area contributed by atoms with Gasteiger partial charge in [0.25, 0.3) is 0 Å². The van der Waals surface area contributed by atoms with Gasteiger partial charge >= 0.3 is 0 Å². The van der Waals surface area contributed by atoms with E-state index in [1.54, 1.807) is 0 Å². The average molecular weight is 257 g/mol. The van der Waals surface area contributed by atoms with Crippen molar-refractivity contribution in [1.29, 1.82) is 0 Å². The van der Waals surface area contributed by atoms with E-state index in [9.17, 15) is 0 Å². The van der Waals surface area contributed by atoms with Crippen molar-refractivity contribution in [2.75, 3.05) is 6.54 Å². The van der Waals surface area contributed by atoms with Gasteiger partial charge in [-0.25, -0.2) is 4.98 Å². The Labute approximate surface area is 115 Å². The zero-order valence-corrected chi connectivity index (χ0v) is 11.7.